The molecular weight excluding hydrogens is 1070 g/mol. The number of aliphatic carboxylic acids is 4. The molecule has 0 radical (unpaired) electrons. The molecule has 0 aliphatic heterocycles. The lowest BCUT2D eigenvalue weighted by Gasteiger charge is -2.27. The van der Waals surface area contributed by atoms with Crippen LogP contribution in [0.5, 0.6) is 5.75 Å². The van der Waals surface area contributed by atoms with Crippen LogP contribution >= 0.6 is 0 Å². The molecule has 9 amide bonds. The van der Waals surface area contributed by atoms with E-state index in [4.69, 9.17) is 5.73 Å². The molecule has 1 aromatic carbocycles. The van der Waals surface area contributed by atoms with Crippen molar-refractivity contribution >= 4 is 77.0 Å². The average Bonchev–Trinajstić information content (AvgIpc) is 3.92. The van der Waals surface area contributed by atoms with E-state index in [1.54, 1.807) is 20.8 Å². The zero-order valence-corrected chi connectivity index (χ0v) is 45.5. The molecule has 18 N–H and O–H groups in total. The van der Waals surface area contributed by atoms with Crippen LogP contribution < -0.4 is 53.6 Å². The number of hydrogen-bond acceptors (Lipinski definition) is 17. The highest BCUT2D eigenvalue weighted by Gasteiger charge is 2.36. The van der Waals surface area contributed by atoms with E-state index in [2.05, 4.69) is 57.8 Å². The third-order valence-electron chi connectivity index (χ3n) is 12.3. The van der Waals surface area contributed by atoms with Gasteiger partial charge in [-0.3, -0.25) is 57.5 Å². The Morgan fingerprint density at radius 3 is 1.57 bits per heavy atom. The lowest BCUT2D eigenvalue weighted by molar-refractivity contribution is -0.143. The summed E-state index contributed by atoms with van der Waals surface area (Å²) in [7, 11) is 0. The van der Waals surface area contributed by atoms with Crippen molar-refractivity contribution in [3.63, 3.8) is 0 Å². The third-order valence-corrected chi connectivity index (χ3v) is 12.3. The van der Waals surface area contributed by atoms with E-state index >= 15 is 0 Å². The van der Waals surface area contributed by atoms with Gasteiger partial charge in [0.2, 0.25) is 53.2 Å². The second kappa shape index (κ2) is 33.6. The van der Waals surface area contributed by atoms with Crippen LogP contribution in [0.1, 0.15) is 97.7 Å². The van der Waals surface area contributed by atoms with Gasteiger partial charge in [-0.05, 0) is 62.6 Å². The van der Waals surface area contributed by atoms with E-state index in [-0.39, 0.29) is 42.5 Å². The van der Waals surface area contributed by atoms with E-state index in [0.717, 1.165) is 13.8 Å². The van der Waals surface area contributed by atoms with Crippen LogP contribution in [0.4, 0.5) is 0 Å². The fraction of sp³-hybridized carbons (Fsp3) is 0.560. The number of carbonyl (C=O) groups is 13. The lowest BCUT2D eigenvalue weighted by atomic mass is 9.97. The minimum absolute atomic E-state index is 0.0573. The monoisotopic (exact) mass is 1150 g/mol. The maximum absolute atomic E-state index is 13.9. The number of aromatic hydroxyl groups is 1. The van der Waals surface area contributed by atoms with Gasteiger partial charge in [-0.2, -0.15) is 0 Å². The smallest absolute Gasteiger partial charge is 0.326 e. The van der Waals surface area contributed by atoms with Crippen molar-refractivity contribution in [3.8, 4) is 5.75 Å². The molecule has 1 aromatic heterocycles. The molecule has 0 unspecified atom stereocenters. The molecule has 2 rings (SSSR count). The van der Waals surface area contributed by atoms with Crippen molar-refractivity contribution in [2.75, 3.05) is 6.54 Å². The molecular formula is C50H74N12O19. The van der Waals surface area contributed by atoms with E-state index < -0.39 is 176 Å². The fourth-order valence-electron chi connectivity index (χ4n) is 7.52. The molecule has 0 saturated heterocycles. The zero-order chi connectivity index (χ0) is 61.3. The first-order valence-corrected chi connectivity index (χ1v) is 25.7. The van der Waals surface area contributed by atoms with Gasteiger partial charge in [0, 0.05) is 37.6 Å². The van der Waals surface area contributed by atoms with Crippen LogP contribution in [-0.2, 0) is 75.2 Å². The zero-order valence-electron chi connectivity index (χ0n) is 45.5. The molecule has 81 heavy (non-hydrogen) atoms. The summed E-state index contributed by atoms with van der Waals surface area (Å²) in [5.74, 6) is -16.1. The van der Waals surface area contributed by atoms with Gasteiger partial charge < -0.3 is 89.2 Å². The number of rotatable bonds is 36. The molecule has 0 aliphatic carbocycles. The van der Waals surface area contributed by atoms with Gasteiger partial charge in [0.1, 0.15) is 54.1 Å². The number of H-pyrrole nitrogens is 1. The lowest BCUT2D eigenvalue weighted by Crippen LogP contribution is -2.61. The average molecular weight is 1150 g/mol. The molecule has 1 heterocycles. The quantitative estimate of drug-likeness (QED) is 0.0309. The number of aromatic nitrogens is 2. The predicted molar refractivity (Wildman–Crippen MR) is 280 cm³/mol. The Hall–Kier alpha value is -8.74. The van der Waals surface area contributed by atoms with Gasteiger partial charge in [0.25, 0.3) is 0 Å². The first-order valence-electron chi connectivity index (χ1n) is 25.7. The minimum atomic E-state index is -1.87. The number of phenols is 1. The highest BCUT2D eigenvalue weighted by molar-refractivity contribution is 5.99. The SMILES string of the molecule is CC[C@H](C)[C@H](N)C(=O)N[C@@H](CC(C)C)C(=O)N[C@@H](CC(=O)O)C(=O)N[C@H](C(=O)N[C@@H](C)C(=O)NCC(=O)N[C@@H](Cc1cnc[nH]1)C(=O)N[C@@H](CCC(=O)O)C(=O)N[C@@H](CCC(=O)O)C(=O)N[C@@H](Cc1ccc(O)cc1)C(=O)O)[C@@H](C)O. The van der Waals surface area contributed by atoms with Crippen LogP contribution in [0.15, 0.2) is 36.8 Å². The number of nitrogens with two attached hydrogens (primary N) is 1. The van der Waals surface area contributed by atoms with Gasteiger partial charge in [-0.25, -0.2) is 9.78 Å². The van der Waals surface area contributed by atoms with Gasteiger partial charge in [0.05, 0.1) is 31.4 Å². The molecule has 0 saturated carbocycles. The summed E-state index contributed by atoms with van der Waals surface area (Å²) < 4.78 is 0. The van der Waals surface area contributed by atoms with Crippen molar-refractivity contribution in [2.24, 2.45) is 17.6 Å². The molecule has 11 atom stereocenters. The Bertz CT molecular complexity index is 2530. The van der Waals surface area contributed by atoms with Gasteiger partial charge in [-0.1, -0.05) is 46.2 Å². The first-order chi connectivity index (χ1) is 37.9. The number of phenolic OH excluding ortho intramolecular Hbond substituents is 1. The Labute approximate surface area is 464 Å². The summed E-state index contributed by atoms with van der Waals surface area (Å²) in [6.45, 7) is 8.37. The topological polar surface area (TPSA) is 506 Å². The largest absolute Gasteiger partial charge is 0.508 e. The van der Waals surface area contributed by atoms with Crippen molar-refractivity contribution in [3.05, 3.63) is 48.0 Å². The summed E-state index contributed by atoms with van der Waals surface area (Å²) in [5.41, 5.74) is 6.65. The van der Waals surface area contributed by atoms with Crippen LogP contribution in [-0.4, -0.2) is 185 Å². The normalized spacial score (nSPS) is 15.1. The number of benzene rings is 1. The number of aliphatic hydroxyl groups is 1. The number of carbonyl (C=O) groups excluding carboxylic acids is 9. The molecule has 31 heteroatoms. The van der Waals surface area contributed by atoms with E-state index in [1.807, 2.05) is 6.92 Å². The summed E-state index contributed by atoms with van der Waals surface area (Å²) in [4.78, 5) is 175. The van der Waals surface area contributed by atoms with Crippen molar-refractivity contribution in [1.82, 2.24) is 57.8 Å². The number of aromatic amines is 1. The molecule has 31 nitrogen and oxygen atoms in total. The summed E-state index contributed by atoms with van der Waals surface area (Å²) >= 11 is 0. The van der Waals surface area contributed by atoms with Gasteiger partial charge in [0.15, 0.2) is 0 Å². The second-order valence-electron chi connectivity index (χ2n) is 19.6. The number of carboxylic acid groups (broad SMARTS) is 4. The number of hydrogen-bond donors (Lipinski definition) is 17. The first kappa shape index (κ1) is 68.4. The van der Waals surface area contributed by atoms with Crippen LogP contribution in [0.3, 0.4) is 0 Å². The number of nitrogens with zero attached hydrogens (tertiary/aromatic N) is 1. The Kier molecular flexibility index (Phi) is 28.4. The predicted octanol–water partition coefficient (Wildman–Crippen LogP) is -4.00. The second-order valence-corrected chi connectivity index (χ2v) is 19.6. The Morgan fingerprint density at radius 1 is 0.580 bits per heavy atom. The standard InChI is InChI=1S/C50H74N12O19/c1-7-24(4)40(51)48(78)60-32(16-23(2)3)45(75)59-34(19-39(70)71)47(77)62-41(26(6)63)49(79)55-25(5)42(72)53-21-36(65)56-33(18-28-20-52-22-54-28)46(76)58-30(12-14-37(66)67)43(73)57-31(13-15-38(68)69)44(74)61-35(50(80)81)17-27-8-10-29(64)11-9-27/h8-11,20,22-26,30-35,40-41,63-64H,7,12-19,21,51H2,1-6H3,(H,52,54)(H,53,72)(H,55,79)(H,56,65)(H,57,73)(H,58,76)(H,59,75)(H,60,78)(H,61,74)(H,62,77)(H,66,67)(H,68,69)(H,70,71)(H,80,81)/t24-,25-,26+,30-,31-,32-,33-,34-,35-,40-,41-/m0/s1. The minimum Gasteiger partial charge on any atom is -0.508 e. The van der Waals surface area contributed by atoms with Gasteiger partial charge in [-0.15, -0.1) is 0 Å². The molecule has 0 spiro atoms. The van der Waals surface area contributed by atoms with Crippen molar-refractivity contribution < 1.29 is 93.0 Å². The number of nitrogens with one attached hydrogen (secondary N) is 10. The highest BCUT2D eigenvalue weighted by Crippen LogP contribution is 2.14. The van der Waals surface area contributed by atoms with Crippen LogP contribution in [0.2, 0.25) is 0 Å². The van der Waals surface area contributed by atoms with Crippen molar-refractivity contribution in [1.29, 1.82) is 0 Å². The Morgan fingerprint density at radius 2 is 1.09 bits per heavy atom. The van der Waals surface area contributed by atoms with E-state index in [0.29, 0.717) is 12.0 Å². The molecule has 2 aromatic rings. The Balaban J connectivity index is 2.24. The number of amides is 9. The molecule has 0 bridgehead atoms. The molecule has 448 valence electrons. The van der Waals surface area contributed by atoms with E-state index in [1.165, 1.54) is 36.8 Å². The van der Waals surface area contributed by atoms with Crippen LogP contribution in [0.25, 0.3) is 0 Å². The summed E-state index contributed by atoms with van der Waals surface area (Å²) in [6.07, 6.45) is -2.98. The summed E-state index contributed by atoms with van der Waals surface area (Å²) in [5, 5.41) is 79.0. The van der Waals surface area contributed by atoms with Gasteiger partial charge >= 0.3 is 23.9 Å². The maximum atomic E-state index is 13.9. The number of imidazole rings is 1. The summed E-state index contributed by atoms with van der Waals surface area (Å²) in [6, 6.07) is -8.95. The van der Waals surface area contributed by atoms with E-state index in [9.17, 15) is 93.0 Å². The van der Waals surface area contributed by atoms with Crippen LogP contribution in [0, 0.1) is 11.8 Å². The highest BCUT2D eigenvalue weighted by atomic mass is 16.4. The number of carboxylic acids is 4. The molecule has 0 aliphatic rings. The molecule has 0 fully saturated rings. The fourth-order valence-corrected chi connectivity index (χ4v) is 7.52. The van der Waals surface area contributed by atoms with Crippen molar-refractivity contribution in [2.45, 2.75) is 160 Å². The third kappa shape index (κ3) is 24.9. The number of aliphatic hydroxyl groups excluding tert-OH is 1. The maximum Gasteiger partial charge on any atom is 0.326 e.